The summed E-state index contributed by atoms with van der Waals surface area (Å²) in [6.45, 7) is 1.20. The maximum atomic E-state index is 13.1. The summed E-state index contributed by atoms with van der Waals surface area (Å²) in [5.41, 5.74) is -3.33. The molecule has 2 saturated heterocycles. The van der Waals surface area contributed by atoms with E-state index in [0.717, 1.165) is 12.8 Å². The summed E-state index contributed by atoms with van der Waals surface area (Å²) in [5, 5.41) is 22.3. The lowest BCUT2D eigenvalue weighted by Crippen LogP contribution is -2.73. The summed E-state index contributed by atoms with van der Waals surface area (Å²) in [6.07, 6.45) is 3.21. The van der Waals surface area contributed by atoms with Crippen LogP contribution in [0.5, 0.6) is 0 Å². The average Bonchev–Trinajstić information content (AvgIpc) is 2.52. The van der Waals surface area contributed by atoms with Crippen molar-refractivity contribution >= 4 is 11.6 Å². The van der Waals surface area contributed by atoms with E-state index < -0.39 is 22.7 Å². The Labute approximate surface area is 123 Å². The largest absolute Gasteiger partial charge is 0.392 e. The first kappa shape index (κ1) is 12.7. The lowest BCUT2D eigenvalue weighted by Gasteiger charge is -2.62. The number of nitrogens with zero attached hydrogens (tertiary/aromatic N) is 1. The number of piperidine rings is 1. The molecule has 6 fully saturated rings. The number of rotatable bonds is 0. The van der Waals surface area contributed by atoms with Crippen molar-refractivity contribution < 1.29 is 19.8 Å². The van der Waals surface area contributed by atoms with Gasteiger partial charge in [0.1, 0.15) is 5.78 Å². The van der Waals surface area contributed by atoms with Gasteiger partial charge in [-0.15, -0.1) is 0 Å². The Hall–Kier alpha value is -0.780. The van der Waals surface area contributed by atoms with Gasteiger partial charge in [0.15, 0.2) is 11.5 Å². The van der Waals surface area contributed by atoms with Gasteiger partial charge in [0.2, 0.25) is 0 Å². The van der Waals surface area contributed by atoms with E-state index in [2.05, 4.69) is 0 Å². The zero-order valence-electron chi connectivity index (χ0n) is 12.0. The summed E-state index contributed by atoms with van der Waals surface area (Å²) in [5.74, 6) is -0.230. The van der Waals surface area contributed by atoms with E-state index in [1.807, 2.05) is 4.90 Å². The zero-order valence-corrected chi connectivity index (χ0v) is 12.0. The Morgan fingerprint density at radius 1 is 1.24 bits per heavy atom. The van der Waals surface area contributed by atoms with Crippen LogP contribution < -0.4 is 0 Å². The smallest absolute Gasteiger partial charge is 0.187 e. The predicted octanol–water partition coefficient (Wildman–Crippen LogP) is 0.0899. The molecule has 114 valence electrons. The molecule has 5 nitrogen and oxygen atoms in total. The van der Waals surface area contributed by atoms with E-state index in [4.69, 9.17) is 0 Å². The van der Waals surface area contributed by atoms with Crippen molar-refractivity contribution in [3.05, 3.63) is 0 Å². The summed E-state index contributed by atoms with van der Waals surface area (Å²) < 4.78 is 0. The van der Waals surface area contributed by atoms with Gasteiger partial charge in [0, 0.05) is 25.4 Å². The third-order valence-electron chi connectivity index (χ3n) is 7.52. The van der Waals surface area contributed by atoms with Crippen LogP contribution in [0.25, 0.3) is 0 Å². The van der Waals surface area contributed by atoms with Crippen molar-refractivity contribution in [2.24, 2.45) is 22.7 Å². The van der Waals surface area contributed by atoms with E-state index in [9.17, 15) is 19.8 Å². The number of hydrogen-bond acceptors (Lipinski definition) is 5. The van der Waals surface area contributed by atoms with Crippen molar-refractivity contribution in [2.75, 3.05) is 13.1 Å². The molecule has 2 N–H and O–H groups in total. The van der Waals surface area contributed by atoms with Gasteiger partial charge in [-0.3, -0.25) is 14.5 Å². The van der Waals surface area contributed by atoms with Crippen LogP contribution in [-0.4, -0.2) is 51.6 Å². The standard InChI is InChI=1S/C16H21NO4/c18-11-2-5-17-4-1-3-14-10-6-9(7-12(14)19)8-15(11,14)16(17,21)13(10)20/h9-11,18,21H,1-8H2/t9-,10+,11+,14?,15-,16-/m1/s1. The molecule has 0 aromatic carbocycles. The van der Waals surface area contributed by atoms with Gasteiger partial charge in [-0.05, 0) is 38.0 Å². The second kappa shape index (κ2) is 3.42. The molecule has 0 amide bonds. The van der Waals surface area contributed by atoms with Crippen LogP contribution in [-0.2, 0) is 9.59 Å². The monoisotopic (exact) mass is 291 g/mol. The Morgan fingerprint density at radius 3 is 2.86 bits per heavy atom. The molecule has 7 atom stereocenters. The Bertz CT molecular complexity index is 577. The summed E-state index contributed by atoms with van der Waals surface area (Å²) in [7, 11) is 0. The first-order chi connectivity index (χ1) is 9.98. The molecule has 6 aliphatic rings. The lowest BCUT2D eigenvalue weighted by atomic mass is 9.42. The van der Waals surface area contributed by atoms with Crippen LogP contribution in [0.1, 0.15) is 38.5 Å². The Morgan fingerprint density at radius 2 is 2.05 bits per heavy atom. The molecule has 2 spiro atoms. The highest BCUT2D eigenvalue weighted by Crippen LogP contribution is 2.76. The minimum absolute atomic E-state index is 0.141. The quantitative estimate of drug-likeness (QED) is 0.661. The van der Waals surface area contributed by atoms with E-state index in [-0.39, 0.29) is 23.4 Å². The molecular weight excluding hydrogens is 270 g/mol. The first-order valence-electron chi connectivity index (χ1n) is 8.21. The fourth-order valence-corrected chi connectivity index (χ4v) is 7.01. The highest BCUT2D eigenvalue weighted by molar-refractivity contribution is 6.04. The minimum atomic E-state index is -1.60. The van der Waals surface area contributed by atoms with E-state index in [1.54, 1.807) is 0 Å². The summed E-state index contributed by atoms with van der Waals surface area (Å²) in [4.78, 5) is 27.9. The van der Waals surface area contributed by atoms with Crippen LogP contribution in [0.2, 0.25) is 0 Å². The number of ketones is 2. The van der Waals surface area contributed by atoms with Gasteiger partial charge in [-0.25, -0.2) is 0 Å². The summed E-state index contributed by atoms with van der Waals surface area (Å²) >= 11 is 0. The second-order valence-electron chi connectivity index (χ2n) is 7.86. The number of Topliss-reactive ketones (excluding diaryl/α,β-unsaturated/α-hetero) is 2. The molecule has 4 aliphatic carbocycles. The fourth-order valence-electron chi connectivity index (χ4n) is 7.01. The highest BCUT2D eigenvalue weighted by Gasteiger charge is 2.86. The zero-order chi connectivity index (χ0) is 14.6. The molecule has 0 radical (unpaired) electrons. The highest BCUT2D eigenvalue weighted by atomic mass is 16.3. The second-order valence-corrected chi connectivity index (χ2v) is 7.86. The van der Waals surface area contributed by atoms with Crippen molar-refractivity contribution in [3.63, 3.8) is 0 Å². The Balaban J connectivity index is 1.88. The molecule has 0 aromatic heterocycles. The van der Waals surface area contributed by atoms with Crippen LogP contribution in [0.4, 0.5) is 0 Å². The summed E-state index contributed by atoms with van der Waals surface area (Å²) in [6, 6.07) is 0. The number of hydrogen-bond donors (Lipinski definition) is 2. The number of carbonyl (C=O) groups excluding carboxylic acids is 2. The van der Waals surface area contributed by atoms with Crippen molar-refractivity contribution in [2.45, 2.75) is 50.4 Å². The third kappa shape index (κ3) is 0.981. The maximum Gasteiger partial charge on any atom is 0.187 e. The van der Waals surface area contributed by atoms with E-state index in [0.29, 0.717) is 38.8 Å². The number of aliphatic hydroxyl groups is 2. The Kier molecular flexibility index (Phi) is 2.07. The van der Waals surface area contributed by atoms with Crippen molar-refractivity contribution in [1.82, 2.24) is 4.90 Å². The van der Waals surface area contributed by atoms with Crippen molar-refractivity contribution in [1.29, 1.82) is 0 Å². The third-order valence-corrected chi connectivity index (χ3v) is 7.52. The average molecular weight is 291 g/mol. The molecule has 21 heavy (non-hydrogen) atoms. The van der Waals surface area contributed by atoms with Crippen molar-refractivity contribution in [3.8, 4) is 0 Å². The fraction of sp³-hybridized carbons (Fsp3) is 0.875. The molecule has 2 heterocycles. The molecule has 0 aromatic rings. The number of carbonyl (C=O) groups is 2. The van der Waals surface area contributed by atoms with Gasteiger partial charge < -0.3 is 10.2 Å². The number of fused-ring (bicyclic) bond motifs is 1. The minimum Gasteiger partial charge on any atom is -0.392 e. The molecule has 2 unspecified atom stereocenters. The number of aliphatic hydroxyl groups excluding tert-OH is 1. The molecule has 2 aliphatic heterocycles. The van der Waals surface area contributed by atoms with Gasteiger partial charge >= 0.3 is 0 Å². The molecule has 6 rings (SSSR count). The maximum absolute atomic E-state index is 13.1. The van der Waals surface area contributed by atoms with Gasteiger partial charge in [0.25, 0.3) is 0 Å². The topological polar surface area (TPSA) is 77.8 Å². The van der Waals surface area contributed by atoms with E-state index in [1.165, 1.54) is 0 Å². The molecule has 4 saturated carbocycles. The van der Waals surface area contributed by atoms with E-state index >= 15 is 0 Å². The molecule has 5 heteroatoms. The predicted molar refractivity (Wildman–Crippen MR) is 72.1 cm³/mol. The van der Waals surface area contributed by atoms with Gasteiger partial charge in [0.05, 0.1) is 16.9 Å². The van der Waals surface area contributed by atoms with Crippen LogP contribution in [0, 0.1) is 22.7 Å². The molecular formula is C16H21NO4. The van der Waals surface area contributed by atoms with Crippen LogP contribution >= 0.6 is 0 Å². The van der Waals surface area contributed by atoms with Gasteiger partial charge in [-0.1, -0.05) is 0 Å². The van der Waals surface area contributed by atoms with Crippen LogP contribution in [0.3, 0.4) is 0 Å². The van der Waals surface area contributed by atoms with Crippen LogP contribution in [0.15, 0.2) is 0 Å². The van der Waals surface area contributed by atoms with Gasteiger partial charge in [-0.2, -0.15) is 0 Å². The first-order valence-corrected chi connectivity index (χ1v) is 8.21. The lowest BCUT2D eigenvalue weighted by molar-refractivity contribution is -0.266. The normalized spacial score (nSPS) is 61.0. The molecule has 6 bridgehead atoms. The SMILES string of the molecule is O=C1C[C@H]2C[C@H]3C(=O)[C@]4(O)N5CCCC13[C@@]4(C2)[C@@H](O)CC5.